The number of aliphatic hydroxyl groups is 1. The summed E-state index contributed by atoms with van der Waals surface area (Å²) in [6.45, 7) is 3.73. The van der Waals surface area contributed by atoms with Crippen LogP contribution in [0.15, 0.2) is 35.1 Å². The predicted octanol–water partition coefficient (Wildman–Crippen LogP) is 2.62. The fourth-order valence-corrected chi connectivity index (χ4v) is 4.51. The van der Waals surface area contributed by atoms with Gasteiger partial charge in [0.2, 0.25) is 0 Å². The average molecular weight is 422 g/mol. The third-order valence-electron chi connectivity index (χ3n) is 6.12. The Morgan fingerprint density at radius 1 is 1.29 bits per heavy atom. The van der Waals surface area contributed by atoms with Crippen LogP contribution < -0.4 is 10.3 Å². The van der Waals surface area contributed by atoms with Crippen LogP contribution >= 0.6 is 0 Å². The first-order valence-electron chi connectivity index (χ1n) is 10.2. The molecule has 0 aliphatic carbocycles. The quantitative estimate of drug-likeness (QED) is 0.645. The van der Waals surface area contributed by atoms with Crippen LogP contribution in [0.1, 0.15) is 43.2 Å². The Hall–Kier alpha value is -3.23. The van der Waals surface area contributed by atoms with E-state index in [-0.39, 0.29) is 29.7 Å². The summed E-state index contributed by atoms with van der Waals surface area (Å²) in [6, 6.07) is 9.17. The number of cyclic esters (lactones) is 1. The Kier molecular flexibility index (Phi) is 4.39. The lowest BCUT2D eigenvalue weighted by atomic mass is 9.86. The van der Waals surface area contributed by atoms with Gasteiger partial charge in [-0.3, -0.25) is 9.36 Å². The molecule has 0 saturated carbocycles. The molecule has 0 amide bonds. The first-order chi connectivity index (χ1) is 14.9. The highest BCUT2D eigenvalue weighted by molar-refractivity contribution is 5.90. The summed E-state index contributed by atoms with van der Waals surface area (Å²) in [5.74, 6) is -0.0763. The van der Waals surface area contributed by atoms with Gasteiger partial charge in [-0.25, -0.2) is 9.78 Å². The summed E-state index contributed by atoms with van der Waals surface area (Å²) in [5, 5.41) is 11.8. The second-order valence-corrected chi connectivity index (χ2v) is 7.65. The SMILES string of the molecule is CCOC1c2cc3c(OC)cccc3nc2-c2cc3c(c(=O)n21)COC(=O)[C@]3(O)CC. The lowest BCUT2D eigenvalue weighted by Gasteiger charge is -2.32. The van der Waals surface area contributed by atoms with Crippen molar-refractivity contribution in [1.29, 1.82) is 0 Å². The van der Waals surface area contributed by atoms with Crippen molar-refractivity contribution < 1.29 is 24.1 Å². The van der Waals surface area contributed by atoms with Crippen molar-refractivity contribution in [1.82, 2.24) is 9.55 Å². The number of rotatable bonds is 4. The summed E-state index contributed by atoms with van der Waals surface area (Å²) < 4.78 is 18.1. The van der Waals surface area contributed by atoms with Gasteiger partial charge in [0, 0.05) is 23.1 Å². The van der Waals surface area contributed by atoms with Gasteiger partial charge in [-0.1, -0.05) is 13.0 Å². The van der Waals surface area contributed by atoms with Crippen molar-refractivity contribution in [3.63, 3.8) is 0 Å². The maximum absolute atomic E-state index is 13.5. The third-order valence-corrected chi connectivity index (χ3v) is 6.12. The Labute approximate surface area is 178 Å². The molecule has 0 bridgehead atoms. The molecule has 0 saturated heterocycles. The van der Waals surface area contributed by atoms with E-state index in [0.717, 1.165) is 10.9 Å². The van der Waals surface area contributed by atoms with Gasteiger partial charge in [0.1, 0.15) is 12.4 Å². The standard InChI is InChI=1S/C23H22N2O6/c1-4-23(28)15-10-17-19-13(9-12-16(24-19)7-6-8-18(12)29-3)21(30-5-2)25(17)20(26)14(15)11-31-22(23)27/h6-10,21,28H,4-5,11H2,1-3H3/t21?,23-/m0/s1. The van der Waals surface area contributed by atoms with Crippen molar-refractivity contribution in [2.45, 2.75) is 38.7 Å². The predicted molar refractivity (Wildman–Crippen MR) is 112 cm³/mol. The number of nitrogens with zero attached hydrogens (tertiary/aromatic N) is 2. The molecule has 3 aromatic rings. The van der Waals surface area contributed by atoms with Gasteiger partial charge < -0.3 is 19.3 Å². The summed E-state index contributed by atoms with van der Waals surface area (Å²) in [5.41, 5.74) is 0.819. The van der Waals surface area contributed by atoms with Crippen molar-refractivity contribution in [3.05, 3.63) is 57.4 Å². The van der Waals surface area contributed by atoms with Crippen molar-refractivity contribution >= 4 is 16.9 Å². The highest BCUT2D eigenvalue weighted by atomic mass is 16.6. The molecule has 31 heavy (non-hydrogen) atoms. The summed E-state index contributed by atoms with van der Waals surface area (Å²) in [7, 11) is 1.60. The van der Waals surface area contributed by atoms with E-state index in [1.165, 1.54) is 4.57 Å². The van der Waals surface area contributed by atoms with Gasteiger partial charge in [-0.15, -0.1) is 0 Å². The molecule has 8 heteroatoms. The monoisotopic (exact) mass is 422 g/mol. The molecule has 160 valence electrons. The van der Waals surface area contributed by atoms with Crippen LogP contribution in [-0.4, -0.2) is 34.3 Å². The van der Waals surface area contributed by atoms with Crippen LogP contribution in [0.2, 0.25) is 0 Å². The van der Waals surface area contributed by atoms with Crippen LogP contribution in [0.5, 0.6) is 5.75 Å². The Balaban J connectivity index is 1.85. The molecule has 8 nitrogen and oxygen atoms in total. The summed E-state index contributed by atoms with van der Waals surface area (Å²) in [4.78, 5) is 30.7. The molecule has 0 spiro atoms. The molecule has 2 atom stereocenters. The highest BCUT2D eigenvalue weighted by Crippen LogP contribution is 2.43. The van der Waals surface area contributed by atoms with E-state index in [9.17, 15) is 14.7 Å². The summed E-state index contributed by atoms with van der Waals surface area (Å²) in [6.07, 6.45) is -0.590. The van der Waals surface area contributed by atoms with Gasteiger partial charge in [-0.2, -0.15) is 0 Å². The van der Waals surface area contributed by atoms with Gasteiger partial charge in [0.05, 0.1) is 29.6 Å². The number of carbonyl (C=O) groups excluding carboxylic acids is 1. The zero-order valence-electron chi connectivity index (χ0n) is 17.5. The minimum Gasteiger partial charge on any atom is -0.496 e. The molecule has 0 radical (unpaired) electrons. The summed E-state index contributed by atoms with van der Waals surface area (Å²) >= 11 is 0. The Bertz CT molecular complexity index is 1300. The first kappa shape index (κ1) is 19.7. The molecule has 2 aromatic heterocycles. The lowest BCUT2D eigenvalue weighted by molar-refractivity contribution is -0.172. The minimum absolute atomic E-state index is 0.0891. The number of hydrogen-bond donors (Lipinski definition) is 1. The topological polar surface area (TPSA) is 99.9 Å². The van der Waals surface area contributed by atoms with Crippen molar-refractivity contribution in [3.8, 4) is 17.1 Å². The van der Waals surface area contributed by atoms with Gasteiger partial charge in [0.25, 0.3) is 5.56 Å². The highest BCUT2D eigenvalue weighted by Gasteiger charge is 2.46. The molecule has 1 aromatic carbocycles. The Morgan fingerprint density at radius 2 is 2.10 bits per heavy atom. The first-order valence-corrected chi connectivity index (χ1v) is 10.2. The van der Waals surface area contributed by atoms with Crippen LogP contribution in [0.4, 0.5) is 0 Å². The van der Waals surface area contributed by atoms with E-state index < -0.39 is 17.8 Å². The van der Waals surface area contributed by atoms with E-state index in [1.54, 1.807) is 20.1 Å². The number of hydrogen-bond acceptors (Lipinski definition) is 7. The van der Waals surface area contributed by atoms with Crippen LogP contribution in [0.3, 0.4) is 0 Å². The van der Waals surface area contributed by atoms with E-state index in [1.807, 2.05) is 31.2 Å². The number of benzene rings is 1. The number of methoxy groups -OCH3 is 1. The lowest BCUT2D eigenvalue weighted by Crippen LogP contribution is -2.44. The van der Waals surface area contributed by atoms with Gasteiger partial charge in [-0.05, 0) is 37.6 Å². The number of fused-ring (bicyclic) bond motifs is 5. The second kappa shape index (κ2) is 6.90. The fraction of sp³-hybridized carbons (Fsp3) is 0.348. The average Bonchev–Trinajstić information content (AvgIpc) is 3.08. The van der Waals surface area contributed by atoms with E-state index in [4.69, 9.17) is 19.2 Å². The third kappa shape index (κ3) is 2.58. The smallest absolute Gasteiger partial charge is 0.343 e. The largest absolute Gasteiger partial charge is 0.496 e. The molecule has 0 fully saturated rings. The zero-order valence-corrected chi connectivity index (χ0v) is 17.5. The van der Waals surface area contributed by atoms with Crippen molar-refractivity contribution in [2.75, 3.05) is 13.7 Å². The zero-order chi connectivity index (χ0) is 21.9. The normalized spacial score (nSPS) is 21.4. The van der Waals surface area contributed by atoms with E-state index in [0.29, 0.717) is 29.3 Å². The number of carbonyl (C=O) groups is 1. The number of esters is 1. The fourth-order valence-electron chi connectivity index (χ4n) is 4.51. The van der Waals surface area contributed by atoms with Crippen LogP contribution in [0.25, 0.3) is 22.3 Å². The maximum Gasteiger partial charge on any atom is 0.343 e. The molecule has 1 N–H and O–H groups in total. The van der Waals surface area contributed by atoms with Crippen LogP contribution in [0, 0.1) is 0 Å². The Morgan fingerprint density at radius 3 is 2.81 bits per heavy atom. The van der Waals surface area contributed by atoms with E-state index >= 15 is 0 Å². The number of ether oxygens (including phenoxy) is 3. The van der Waals surface area contributed by atoms with Crippen molar-refractivity contribution in [2.24, 2.45) is 0 Å². The molecule has 2 aliphatic heterocycles. The van der Waals surface area contributed by atoms with Crippen LogP contribution in [-0.2, 0) is 26.5 Å². The second-order valence-electron chi connectivity index (χ2n) is 7.65. The number of pyridine rings is 2. The maximum atomic E-state index is 13.5. The number of aromatic nitrogens is 2. The molecule has 2 aliphatic rings. The van der Waals surface area contributed by atoms with Gasteiger partial charge in [0.15, 0.2) is 11.8 Å². The van der Waals surface area contributed by atoms with Gasteiger partial charge >= 0.3 is 5.97 Å². The molecular formula is C23H22N2O6. The molecular weight excluding hydrogens is 400 g/mol. The van der Waals surface area contributed by atoms with E-state index in [2.05, 4.69) is 0 Å². The molecule has 1 unspecified atom stereocenters. The molecule has 5 rings (SSSR count). The molecule has 4 heterocycles. The minimum atomic E-state index is -1.87.